The van der Waals surface area contributed by atoms with Crippen LogP contribution in [0.15, 0.2) is 29.2 Å². The molecule has 0 amide bonds. The van der Waals surface area contributed by atoms with Crippen molar-refractivity contribution in [1.29, 1.82) is 0 Å². The van der Waals surface area contributed by atoms with E-state index in [0.29, 0.717) is 0 Å². The number of halogens is 4. The Morgan fingerprint density at radius 2 is 2.09 bits per heavy atom. The first-order valence-electron chi connectivity index (χ1n) is 6.82. The summed E-state index contributed by atoms with van der Waals surface area (Å²) in [5.41, 5.74) is 0. The van der Waals surface area contributed by atoms with E-state index in [0.717, 1.165) is 38.1 Å². The highest BCUT2D eigenvalue weighted by molar-refractivity contribution is 7.89. The number of rotatable bonds is 5. The normalized spacial score (nSPS) is 19.0. The number of sulfonamides is 1. The fraction of sp³-hybridized carbons (Fsp3) is 0.538. The number of alkyl halides is 3. The minimum absolute atomic E-state index is 0. The molecule has 2 rings (SSSR count). The quantitative estimate of drug-likeness (QED) is 0.829. The number of ether oxygens (including phenoxy) is 1. The number of benzene rings is 1. The van der Waals surface area contributed by atoms with E-state index in [-0.39, 0.29) is 29.8 Å². The first-order chi connectivity index (χ1) is 10.3. The van der Waals surface area contributed by atoms with Gasteiger partial charge < -0.3 is 10.1 Å². The smallest absolute Gasteiger partial charge is 0.406 e. The van der Waals surface area contributed by atoms with Gasteiger partial charge in [0.15, 0.2) is 0 Å². The zero-order valence-electron chi connectivity index (χ0n) is 12.1. The van der Waals surface area contributed by atoms with Crippen LogP contribution in [0.5, 0.6) is 5.75 Å². The molecule has 0 aromatic heterocycles. The van der Waals surface area contributed by atoms with Gasteiger partial charge in [0.05, 0.1) is 4.90 Å². The molecule has 1 aromatic rings. The van der Waals surface area contributed by atoms with E-state index in [2.05, 4.69) is 14.8 Å². The second-order valence-electron chi connectivity index (χ2n) is 5.09. The molecule has 132 valence electrons. The SMILES string of the molecule is Cl.O=S(=O)(NCC1CCCNC1)c1cccc(OC(F)(F)F)c1. The lowest BCUT2D eigenvalue weighted by Gasteiger charge is -2.22. The highest BCUT2D eigenvalue weighted by Crippen LogP contribution is 2.25. The standard InChI is InChI=1S/C13H17F3N2O3S.ClH/c14-13(15,16)21-11-4-1-5-12(7-11)22(19,20)18-9-10-3-2-6-17-8-10;/h1,4-5,7,10,17-18H,2-3,6,8-9H2;1H. The number of hydrogen-bond acceptors (Lipinski definition) is 4. The van der Waals surface area contributed by atoms with Crippen LogP contribution in [-0.2, 0) is 10.0 Å². The lowest BCUT2D eigenvalue weighted by molar-refractivity contribution is -0.274. The predicted octanol–water partition coefficient (Wildman–Crippen LogP) is 2.28. The molecule has 0 saturated carbocycles. The van der Waals surface area contributed by atoms with Crippen LogP contribution in [0.25, 0.3) is 0 Å². The van der Waals surface area contributed by atoms with Crippen LogP contribution in [0.1, 0.15) is 12.8 Å². The van der Waals surface area contributed by atoms with Crippen LogP contribution in [0.4, 0.5) is 13.2 Å². The van der Waals surface area contributed by atoms with Gasteiger partial charge in [0, 0.05) is 12.6 Å². The molecule has 0 bridgehead atoms. The molecule has 1 unspecified atom stereocenters. The van der Waals surface area contributed by atoms with Crippen molar-refractivity contribution in [3.63, 3.8) is 0 Å². The first-order valence-corrected chi connectivity index (χ1v) is 8.31. The Bertz CT molecular complexity index is 605. The third-order valence-electron chi connectivity index (χ3n) is 3.31. The molecule has 1 aliphatic heterocycles. The van der Waals surface area contributed by atoms with Crippen molar-refractivity contribution in [2.75, 3.05) is 19.6 Å². The lowest BCUT2D eigenvalue weighted by atomic mass is 10.0. The van der Waals surface area contributed by atoms with Crippen molar-refractivity contribution in [2.45, 2.75) is 24.1 Å². The second-order valence-corrected chi connectivity index (χ2v) is 6.85. The molecule has 0 spiro atoms. The van der Waals surface area contributed by atoms with Gasteiger partial charge >= 0.3 is 6.36 Å². The summed E-state index contributed by atoms with van der Waals surface area (Å²) in [6.07, 6.45) is -2.97. The summed E-state index contributed by atoms with van der Waals surface area (Å²) in [4.78, 5) is -0.252. The zero-order chi connectivity index (χ0) is 16.2. The van der Waals surface area contributed by atoms with Crippen molar-refractivity contribution in [1.82, 2.24) is 10.0 Å². The van der Waals surface area contributed by atoms with Gasteiger partial charge in [-0.3, -0.25) is 0 Å². The molecule has 1 fully saturated rings. The summed E-state index contributed by atoms with van der Waals surface area (Å²) in [5, 5.41) is 3.17. The monoisotopic (exact) mass is 374 g/mol. The summed E-state index contributed by atoms with van der Waals surface area (Å²) in [7, 11) is -3.86. The maximum absolute atomic E-state index is 12.2. The third kappa shape index (κ3) is 6.54. The highest BCUT2D eigenvalue weighted by Gasteiger charge is 2.31. The Balaban J connectivity index is 0.00000264. The van der Waals surface area contributed by atoms with E-state index in [1.807, 2.05) is 0 Å². The highest BCUT2D eigenvalue weighted by atomic mass is 35.5. The minimum atomic E-state index is -4.86. The van der Waals surface area contributed by atoms with Gasteiger partial charge in [-0.25, -0.2) is 13.1 Å². The van der Waals surface area contributed by atoms with Gasteiger partial charge in [-0.05, 0) is 44.0 Å². The number of piperidine rings is 1. The summed E-state index contributed by atoms with van der Waals surface area (Å²) < 4.78 is 66.9. The Morgan fingerprint density at radius 3 is 2.70 bits per heavy atom. The average Bonchev–Trinajstić information content (AvgIpc) is 2.45. The molecular weight excluding hydrogens is 357 g/mol. The van der Waals surface area contributed by atoms with Crippen LogP contribution < -0.4 is 14.8 Å². The van der Waals surface area contributed by atoms with Gasteiger partial charge in [-0.2, -0.15) is 0 Å². The van der Waals surface area contributed by atoms with Gasteiger partial charge in [0.2, 0.25) is 10.0 Å². The summed E-state index contributed by atoms with van der Waals surface area (Å²) in [6.45, 7) is 1.89. The van der Waals surface area contributed by atoms with E-state index < -0.39 is 22.1 Å². The van der Waals surface area contributed by atoms with E-state index in [1.165, 1.54) is 12.1 Å². The summed E-state index contributed by atoms with van der Waals surface area (Å²) in [5.74, 6) is -0.382. The molecule has 0 aliphatic carbocycles. The van der Waals surface area contributed by atoms with Crippen molar-refractivity contribution in [3.05, 3.63) is 24.3 Å². The van der Waals surface area contributed by atoms with Crippen LogP contribution in [0.3, 0.4) is 0 Å². The van der Waals surface area contributed by atoms with Crippen LogP contribution in [0, 0.1) is 5.92 Å². The maximum Gasteiger partial charge on any atom is 0.573 e. The molecule has 1 heterocycles. The molecule has 1 atom stereocenters. The molecule has 10 heteroatoms. The minimum Gasteiger partial charge on any atom is -0.406 e. The predicted molar refractivity (Wildman–Crippen MR) is 81.2 cm³/mol. The lowest BCUT2D eigenvalue weighted by Crippen LogP contribution is -2.38. The second kappa shape index (κ2) is 8.18. The van der Waals surface area contributed by atoms with Crippen LogP contribution in [-0.4, -0.2) is 34.4 Å². The summed E-state index contributed by atoms with van der Waals surface area (Å²) in [6, 6.07) is 4.34. The first kappa shape index (κ1) is 20.0. The van der Waals surface area contributed by atoms with Gasteiger partial charge in [-0.15, -0.1) is 25.6 Å². The Labute approximate surface area is 139 Å². The van der Waals surface area contributed by atoms with Crippen molar-refractivity contribution in [2.24, 2.45) is 5.92 Å². The fourth-order valence-electron chi connectivity index (χ4n) is 2.25. The molecular formula is C13H18ClF3N2O3S. The zero-order valence-corrected chi connectivity index (χ0v) is 13.7. The third-order valence-corrected chi connectivity index (χ3v) is 4.73. The van der Waals surface area contributed by atoms with Crippen molar-refractivity contribution < 1.29 is 26.3 Å². The molecule has 1 saturated heterocycles. The Hall–Kier alpha value is -1.03. The van der Waals surface area contributed by atoms with Gasteiger partial charge in [-0.1, -0.05) is 6.07 Å². The maximum atomic E-state index is 12.2. The largest absolute Gasteiger partial charge is 0.573 e. The van der Waals surface area contributed by atoms with E-state index in [1.54, 1.807) is 0 Å². The molecule has 2 N–H and O–H groups in total. The number of nitrogens with one attached hydrogen (secondary N) is 2. The Kier molecular flexibility index (Phi) is 7.12. The molecule has 0 radical (unpaired) electrons. The van der Waals surface area contributed by atoms with Crippen molar-refractivity contribution in [3.8, 4) is 5.75 Å². The average molecular weight is 375 g/mol. The molecule has 1 aromatic carbocycles. The fourth-order valence-corrected chi connectivity index (χ4v) is 3.40. The van der Waals surface area contributed by atoms with E-state index in [9.17, 15) is 21.6 Å². The van der Waals surface area contributed by atoms with Gasteiger partial charge in [0.25, 0.3) is 0 Å². The molecule has 1 aliphatic rings. The molecule has 23 heavy (non-hydrogen) atoms. The topological polar surface area (TPSA) is 67.4 Å². The van der Waals surface area contributed by atoms with Crippen LogP contribution in [0.2, 0.25) is 0 Å². The van der Waals surface area contributed by atoms with Gasteiger partial charge in [0.1, 0.15) is 5.75 Å². The Morgan fingerprint density at radius 1 is 1.35 bits per heavy atom. The number of hydrogen-bond donors (Lipinski definition) is 2. The van der Waals surface area contributed by atoms with E-state index >= 15 is 0 Å². The van der Waals surface area contributed by atoms with E-state index in [4.69, 9.17) is 0 Å². The molecule has 5 nitrogen and oxygen atoms in total. The van der Waals surface area contributed by atoms with Crippen molar-refractivity contribution >= 4 is 22.4 Å². The van der Waals surface area contributed by atoms with Crippen LogP contribution >= 0.6 is 12.4 Å². The summed E-state index contributed by atoms with van der Waals surface area (Å²) >= 11 is 0.